The molecule has 1 amide bonds. The molecule has 86 valence electrons. The second kappa shape index (κ2) is 5.18. The number of nitrogen functional groups attached to an aromatic ring is 1. The number of anilines is 2. The van der Waals surface area contributed by atoms with Crippen LogP contribution in [0.2, 0.25) is 10.0 Å². The van der Waals surface area contributed by atoms with Gasteiger partial charge in [0.05, 0.1) is 27.8 Å². The first-order valence-corrected chi connectivity index (χ1v) is 5.19. The van der Waals surface area contributed by atoms with Crippen molar-refractivity contribution in [3.8, 4) is 0 Å². The predicted octanol–water partition coefficient (Wildman–Crippen LogP) is 2.49. The Morgan fingerprint density at radius 1 is 1.31 bits per heavy atom. The molecule has 1 aromatic rings. The summed E-state index contributed by atoms with van der Waals surface area (Å²) in [5.74, 6) is -0.662. The zero-order valence-electron chi connectivity index (χ0n) is 8.51. The van der Waals surface area contributed by atoms with Gasteiger partial charge in [0.1, 0.15) is 5.78 Å². The van der Waals surface area contributed by atoms with Crippen LogP contribution in [-0.4, -0.2) is 11.7 Å². The van der Waals surface area contributed by atoms with Crippen molar-refractivity contribution in [3.05, 3.63) is 22.2 Å². The van der Waals surface area contributed by atoms with E-state index in [1.807, 2.05) is 0 Å². The third-order valence-electron chi connectivity index (χ3n) is 1.77. The van der Waals surface area contributed by atoms with E-state index >= 15 is 0 Å². The number of rotatable bonds is 3. The lowest BCUT2D eigenvalue weighted by atomic mass is 10.2. The number of hydrogen-bond donors (Lipinski definition) is 2. The van der Waals surface area contributed by atoms with E-state index in [1.165, 1.54) is 19.1 Å². The van der Waals surface area contributed by atoms with Crippen LogP contribution in [0.15, 0.2) is 12.1 Å². The maximum atomic E-state index is 11.3. The molecular weight excluding hydrogens is 251 g/mol. The Kier molecular flexibility index (Phi) is 4.15. The molecule has 0 fully saturated rings. The minimum Gasteiger partial charge on any atom is -0.397 e. The molecule has 0 heterocycles. The smallest absolute Gasteiger partial charge is 0.231 e. The van der Waals surface area contributed by atoms with Crippen LogP contribution >= 0.6 is 23.2 Å². The van der Waals surface area contributed by atoms with Gasteiger partial charge in [-0.15, -0.1) is 0 Å². The molecular formula is C10H10Cl2N2O2. The highest BCUT2D eigenvalue weighted by Crippen LogP contribution is 2.30. The van der Waals surface area contributed by atoms with Crippen LogP contribution in [0.4, 0.5) is 11.4 Å². The lowest BCUT2D eigenvalue weighted by Gasteiger charge is -2.08. The molecule has 0 radical (unpaired) electrons. The number of hydrogen-bond acceptors (Lipinski definition) is 3. The third-order valence-corrected chi connectivity index (χ3v) is 2.41. The summed E-state index contributed by atoms with van der Waals surface area (Å²) in [5, 5.41) is 3.05. The minimum atomic E-state index is -0.435. The molecule has 0 atom stereocenters. The molecule has 1 aromatic carbocycles. The van der Waals surface area contributed by atoms with Crippen molar-refractivity contribution in [1.82, 2.24) is 0 Å². The summed E-state index contributed by atoms with van der Waals surface area (Å²) in [5.41, 5.74) is 6.19. The second-order valence-corrected chi connectivity index (χ2v) is 4.09. The number of ketones is 1. The van der Waals surface area contributed by atoms with Crippen molar-refractivity contribution in [2.24, 2.45) is 0 Å². The van der Waals surface area contributed by atoms with Crippen LogP contribution in [0.5, 0.6) is 0 Å². The predicted molar refractivity (Wildman–Crippen MR) is 64.8 cm³/mol. The molecule has 3 N–H and O–H groups in total. The largest absolute Gasteiger partial charge is 0.397 e. The average molecular weight is 261 g/mol. The summed E-state index contributed by atoms with van der Waals surface area (Å²) in [6, 6.07) is 2.88. The number of nitrogens with one attached hydrogen (secondary N) is 1. The second-order valence-electron chi connectivity index (χ2n) is 3.28. The fourth-order valence-electron chi connectivity index (χ4n) is 1.08. The Hall–Kier alpha value is -1.26. The molecule has 0 aliphatic rings. The highest BCUT2D eigenvalue weighted by Gasteiger charge is 2.10. The number of carbonyl (C=O) groups is 2. The molecule has 0 aliphatic heterocycles. The van der Waals surface area contributed by atoms with E-state index < -0.39 is 5.91 Å². The van der Waals surface area contributed by atoms with Crippen molar-refractivity contribution >= 4 is 46.3 Å². The lowest BCUT2D eigenvalue weighted by Crippen LogP contribution is -2.15. The number of amides is 1. The molecule has 0 saturated heterocycles. The molecule has 0 aromatic heterocycles. The van der Waals surface area contributed by atoms with Gasteiger partial charge >= 0.3 is 0 Å². The van der Waals surface area contributed by atoms with Gasteiger partial charge in [0.2, 0.25) is 5.91 Å². The summed E-state index contributed by atoms with van der Waals surface area (Å²) >= 11 is 11.6. The van der Waals surface area contributed by atoms with E-state index in [0.717, 1.165) is 0 Å². The fraction of sp³-hybridized carbons (Fsp3) is 0.200. The van der Waals surface area contributed by atoms with Crippen LogP contribution in [0.1, 0.15) is 13.3 Å². The van der Waals surface area contributed by atoms with Crippen molar-refractivity contribution in [2.75, 3.05) is 11.1 Å². The van der Waals surface area contributed by atoms with E-state index in [0.29, 0.717) is 16.4 Å². The lowest BCUT2D eigenvalue weighted by molar-refractivity contribution is -0.124. The van der Waals surface area contributed by atoms with Crippen LogP contribution in [-0.2, 0) is 9.59 Å². The van der Waals surface area contributed by atoms with E-state index in [9.17, 15) is 9.59 Å². The van der Waals surface area contributed by atoms with Gasteiger partial charge < -0.3 is 11.1 Å². The number of nitrogens with two attached hydrogens (primary N) is 1. The van der Waals surface area contributed by atoms with E-state index in [1.54, 1.807) is 0 Å². The Morgan fingerprint density at radius 2 is 1.94 bits per heavy atom. The number of benzene rings is 1. The SMILES string of the molecule is CC(=O)CC(=O)Nc1cc(Cl)c(N)cc1Cl. The van der Waals surface area contributed by atoms with Crippen molar-refractivity contribution < 1.29 is 9.59 Å². The number of halogens is 2. The summed E-state index contributed by atoms with van der Waals surface area (Å²) in [4.78, 5) is 22.0. The topological polar surface area (TPSA) is 72.2 Å². The van der Waals surface area contributed by atoms with Crippen LogP contribution in [0.3, 0.4) is 0 Å². The Labute approximate surface area is 103 Å². The van der Waals surface area contributed by atoms with Crippen LogP contribution < -0.4 is 11.1 Å². The molecule has 16 heavy (non-hydrogen) atoms. The first-order chi connectivity index (χ1) is 7.40. The summed E-state index contributed by atoms with van der Waals surface area (Å²) < 4.78 is 0. The molecule has 0 saturated carbocycles. The average Bonchev–Trinajstić information content (AvgIpc) is 2.12. The van der Waals surface area contributed by atoms with Gasteiger partial charge in [-0.1, -0.05) is 23.2 Å². The normalized spacial score (nSPS) is 9.94. The van der Waals surface area contributed by atoms with Gasteiger partial charge in [0.15, 0.2) is 0 Å². The number of Topliss-reactive ketones (excluding diaryl/α,β-unsaturated/α-hetero) is 1. The molecule has 1 rings (SSSR count). The van der Waals surface area contributed by atoms with E-state index in [-0.39, 0.29) is 17.2 Å². The van der Waals surface area contributed by atoms with Gasteiger partial charge in [-0.3, -0.25) is 9.59 Å². The maximum Gasteiger partial charge on any atom is 0.231 e. The summed E-state index contributed by atoms with van der Waals surface area (Å²) in [6.45, 7) is 1.33. The summed E-state index contributed by atoms with van der Waals surface area (Å²) in [7, 11) is 0. The standard InChI is InChI=1S/C10H10Cl2N2O2/c1-5(15)2-10(16)14-9-4-6(11)8(13)3-7(9)12/h3-4H,2,13H2,1H3,(H,14,16). The van der Waals surface area contributed by atoms with E-state index in [4.69, 9.17) is 28.9 Å². The van der Waals surface area contributed by atoms with Gasteiger partial charge in [-0.2, -0.15) is 0 Å². The highest BCUT2D eigenvalue weighted by molar-refractivity contribution is 6.37. The molecule has 0 spiro atoms. The van der Waals surface area contributed by atoms with Gasteiger partial charge in [0.25, 0.3) is 0 Å². The van der Waals surface area contributed by atoms with Gasteiger partial charge in [-0.25, -0.2) is 0 Å². The zero-order valence-corrected chi connectivity index (χ0v) is 10.0. The van der Waals surface area contributed by atoms with Crippen LogP contribution in [0, 0.1) is 0 Å². The third kappa shape index (κ3) is 3.40. The monoisotopic (exact) mass is 260 g/mol. The van der Waals surface area contributed by atoms with Crippen molar-refractivity contribution in [1.29, 1.82) is 0 Å². The maximum absolute atomic E-state index is 11.3. The van der Waals surface area contributed by atoms with Gasteiger partial charge in [0, 0.05) is 0 Å². The first kappa shape index (κ1) is 12.8. The zero-order chi connectivity index (χ0) is 12.3. The van der Waals surface area contributed by atoms with Gasteiger partial charge in [-0.05, 0) is 19.1 Å². The molecule has 0 bridgehead atoms. The van der Waals surface area contributed by atoms with Crippen LogP contribution in [0.25, 0.3) is 0 Å². The molecule has 0 aliphatic carbocycles. The van der Waals surface area contributed by atoms with Crippen molar-refractivity contribution in [3.63, 3.8) is 0 Å². The Morgan fingerprint density at radius 3 is 2.50 bits per heavy atom. The number of carbonyl (C=O) groups excluding carboxylic acids is 2. The van der Waals surface area contributed by atoms with Crippen molar-refractivity contribution in [2.45, 2.75) is 13.3 Å². The first-order valence-electron chi connectivity index (χ1n) is 4.44. The molecule has 6 heteroatoms. The highest BCUT2D eigenvalue weighted by atomic mass is 35.5. The quantitative estimate of drug-likeness (QED) is 0.648. The molecule has 0 unspecified atom stereocenters. The van der Waals surface area contributed by atoms with E-state index in [2.05, 4.69) is 5.32 Å². The summed E-state index contributed by atoms with van der Waals surface area (Å²) in [6.07, 6.45) is -0.196. The molecule has 4 nitrogen and oxygen atoms in total. The fourth-order valence-corrected chi connectivity index (χ4v) is 1.46. The minimum absolute atomic E-state index is 0.196. The Balaban J connectivity index is 2.85. The Bertz CT molecular complexity index is 447.